The van der Waals surface area contributed by atoms with Crippen LogP contribution in [-0.2, 0) is 16.2 Å². The largest absolute Gasteiger partial charge is 0.416 e. The van der Waals surface area contributed by atoms with Gasteiger partial charge in [0.2, 0.25) is 0 Å². The van der Waals surface area contributed by atoms with Crippen molar-refractivity contribution in [1.29, 1.82) is 0 Å². The summed E-state index contributed by atoms with van der Waals surface area (Å²) in [5.74, 6) is 0. The Hall–Kier alpha value is -4.13. The Morgan fingerprint density at radius 2 is 1.45 bits per heavy atom. The van der Waals surface area contributed by atoms with E-state index in [4.69, 9.17) is 0 Å². The molecule has 13 heteroatoms. The number of amides is 2. The second-order valence-electron chi connectivity index (χ2n) is 6.60. The lowest BCUT2D eigenvalue weighted by Gasteiger charge is -2.12. The van der Waals surface area contributed by atoms with Crippen LogP contribution in [0.25, 0.3) is 0 Å². The smallest absolute Gasteiger partial charge is 0.308 e. The fourth-order valence-corrected chi connectivity index (χ4v) is 3.77. The van der Waals surface area contributed by atoms with E-state index in [2.05, 4.69) is 15.4 Å². The van der Waals surface area contributed by atoms with Crippen molar-refractivity contribution < 1.29 is 31.3 Å². The third kappa shape index (κ3) is 6.20. The van der Waals surface area contributed by atoms with Gasteiger partial charge < -0.3 is 10.6 Å². The van der Waals surface area contributed by atoms with Gasteiger partial charge in [-0.1, -0.05) is 12.1 Å². The molecule has 0 aliphatic heterocycles. The van der Waals surface area contributed by atoms with Gasteiger partial charge in [-0.3, -0.25) is 14.8 Å². The summed E-state index contributed by atoms with van der Waals surface area (Å²) in [5.41, 5.74) is -0.797. The number of carbonyl (C=O) groups excluding carboxylic acids is 1. The molecule has 2 amide bonds. The summed E-state index contributed by atoms with van der Waals surface area (Å²) < 4.78 is 65.5. The fourth-order valence-electron chi connectivity index (χ4n) is 2.67. The minimum Gasteiger partial charge on any atom is -0.308 e. The summed E-state index contributed by atoms with van der Waals surface area (Å²) >= 11 is 0. The molecule has 0 aliphatic rings. The van der Waals surface area contributed by atoms with Crippen LogP contribution < -0.4 is 15.4 Å². The second kappa shape index (κ2) is 9.16. The van der Waals surface area contributed by atoms with Gasteiger partial charge in [-0.15, -0.1) is 0 Å². The lowest BCUT2D eigenvalue weighted by molar-refractivity contribution is -0.384. The number of nitro benzene ring substituents is 1. The van der Waals surface area contributed by atoms with Gasteiger partial charge in [0.05, 0.1) is 15.4 Å². The molecule has 0 aromatic heterocycles. The molecule has 0 fully saturated rings. The van der Waals surface area contributed by atoms with Crippen molar-refractivity contribution in [2.45, 2.75) is 11.1 Å². The Morgan fingerprint density at radius 1 is 0.848 bits per heavy atom. The molecule has 3 aromatic carbocycles. The predicted octanol–water partition coefficient (Wildman–Crippen LogP) is 5.06. The van der Waals surface area contributed by atoms with Gasteiger partial charge in [0.1, 0.15) is 0 Å². The number of hydrogen-bond acceptors (Lipinski definition) is 5. The standard InChI is InChI=1S/C20H15F3N4O5S/c21-20(22,23)13-3-1-6-18(11-13)33(31,32)26-15-9-7-14(8-10-15)24-19(28)25-16-4-2-5-17(12-16)27(29)30/h1-12,26H,(H2,24,25,28). The zero-order valence-corrected chi connectivity index (χ0v) is 17.3. The van der Waals surface area contributed by atoms with Crippen LogP contribution in [0.4, 0.5) is 40.7 Å². The molecule has 33 heavy (non-hydrogen) atoms. The molecule has 3 rings (SSSR count). The number of rotatable bonds is 6. The predicted molar refractivity (Wildman–Crippen MR) is 114 cm³/mol. The van der Waals surface area contributed by atoms with Crippen LogP contribution in [0.5, 0.6) is 0 Å². The fraction of sp³-hybridized carbons (Fsp3) is 0.0500. The zero-order valence-electron chi connectivity index (χ0n) is 16.5. The molecular formula is C20H15F3N4O5S. The molecule has 3 N–H and O–H groups in total. The molecule has 9 nitrogen and oxygen atoms in total. The number of anilines is 3. The summed E-state index contributed by atoms with van der Waals surface area (Å²) in [5, 5.41) is 15.7. The van der Waals surface area contributed by atoms with Gasteiger partial charge in [-0.05, 0) is 48.5 Å². The molecule has 0 saturated heterocycles. The van der Waals surface area contributed by atoms with Crippen molar-refractivity contribution in [2.75, 3.05) is 15.4 Å². The highest BCUT2D eigenvalue weighted by Gasteiger charge is 2.31. The van der Waals surface area contributed by atoms with E-state index in [1.807, 2.05) is 0 Å². The normalized spacial score (nSPS) is 11.5. The summed E-state index contributed by atoms with van der Waals surface area (Å²) in [6.07, 6.45) is -4.69. The SMILES string of the molecule is O=C(Nc1ccc(NS(=O)(=O)c2cccc(C(F)(F)F)c2)cc1)Nc1cccc([N+](=O)[O-])c1. The molecular weight excluding hydrogens is 465 g/mol. The van der Waals surface area contributed by atoms with E-state index in [1.54, 1.807) is 0 Å². The zero-order chi connectivity index (χ0) is 24.2. The van der Waals surface area contributed by atoms with E-state index in [-0.39, 0.29) is 22.7 Å². The number of sulfonamides is 1. The quantitative estimate of drug-likeness (QED) is 0.335. The first-order valence-corrected chi connectivity index (χ1v) is 10.5. The molecule has 0 spiro atoms. The Balaban J connectivity index is 1.66. The summed E-state index contributed by atoms with van der Waals surface area (Å²) in [6, 6.07) is 13.2. The Kier molecular flexibility index (Phi) is 6.53. The summed E-state index contributed by atoms with van der Waals surface area (Å²) in [7, 11) is -4.29. The molecule has 3 aromatic rings. The van der Waals surface area contributed by atoms with Gasteiger partial charge in [0, 0.05) is 29.2 Å². The Bertz CT molecular complexity index is 1300. The number of non-ortho nitro benzene ring substituents is 1. The van der Waals surface area contributed by atoms with Gasteiger partial charge in [-0.25, -0.2) is 13.2 Å². The molecule has 0 heterocycles. The average Bonchev–Trinajstić information content (AvgIpc) is 2.74. The van der Waals surface area contributed by atoms with E-state index >= 15 is 0 Å². The number of hydrogen-bond donors (Lipinski definition) is 3. The van der Waals surface area contributed by atoms with Crippen molar-refractivity contribution in [3.63, 3.8) is 0 Å². The van der Waals surface area contributed by atoms with Crippen LogP contribution in [0, 0.1) is 10.1 Å². The van der Waals surface area contributed by atoms with Crippen molar-refractivity contribution in [2.24, 2.45) is 0 Å². The van der Waals surface area contributed by atoms with E-state index in [9.17, 15) is 36.5 Å². The van der Waals surface area contributed by atoms with Crippen LogP contribution in [0.1, 0.15) is 5.56 Å². The minimum atomic E-state index is -4.69. The summed E-state index contributed by atoms with van der Waals surface area (Å²) in [4.78, 5) is 21.7. The van der Waals surface area contributed by atoms with Gasteiger partial charge in [0.15, 0.2) is 0 Å². The first kappa shape index (κ1) is 23.5. The van der Waals surface area contributed by atoms with Gasteiger partial charge >= 0.3 is 12.2 Å². The molecule has 0 saturated carbocycles. The number of carbonyl (C=O) groups is 1. The molecule has 0 radical (unpaired) electrons. The van der Waals surface area contributed by atoms with Crippen LogP contribution in [-0.4, -0.2) is 19.4 Å². The van der Waals surface area contributed by atoms with Crippen molar-refractivity contribution >= 4 is 38.8 Å². The van der Waals surface area contributed by atoms with Crippen LogP contribution >= 0.6 is 0 Å². The van der Waals surface area contributed by atoms with Crippen molar-refractivity contribution in [1.82, 2.24) is 0 Å². The van der Waals surface area contributed by atoms with Gasteiger partial charge in [0.25, 0.3) is 15.7 Å². The maximum atomic E-state index is 12.8. The molecule has 0 unspecified atom stereocenters. The maximum absolute atomic E-state index is 12.8. The maximum Gasteiger partial charge on any atom is 0.416 e. The minimum absolute atomic E-state index is 0.0528. The number of urea groups is 1. The monoisotopic (exact) mass is 480 g/mol. The Labute approximate surface area is 185 Å². The van der Waals surface area contributed by atoms with Gasteiger partial charge in [-0.2, -0.15) is 13.2 Å². The van der Waals surface area contributed by atoms with Crippen LogP contribution in [0.3, 0.4) is 0 Å². The lowest BCUT2D eigenvalue weighted by atomic mass is 10.2. The first-order chi connectivity index (χ1) is 15.4. The van der Waals surface area contributed by atoms with Crippen LogP contribution in [0.2, 0.25) is 0 Å². The number of nitro groups is 1. The van der Waals surface area contributed by atoms with E-state index in [0.717, 1.165) is 18.2 Å². The molecule has 0 atom stereocenters. The third-order valence-corrected chi connectivity index (χ3v) is 5.56. The number of halogens is 3. The average molecular weight is 480 g/mol. The number of nitrogens with one attached hydrogen (secondary N) is 3. The third-order valence-electron chi connectivity index (χ3n) is 4.18. The van der Waals surface area contributed by atoms with E-state index in [1.165, 1.54) is 48.5 Å². The second-order valence-corrected chi connectivity index (χ2v) is 8.28. The molecule has 0 aliphatic carbocycles. The highest BCUT2D eigenvalue weighted by Crippen LogP contribution is 2.31. The lowest BCUT2D eigenvalue weighted by Crippen LogP contribution is -2.19. The van der Waals surface area contributed by atoms with E-state index in [0.29, 0.717) is 6.07 Å². The molecule has 0 bridgehead atoms. The summed E-state index contributed by atoms with van der Waals surface area (Å²) in [6.45, 7) is 0. The topological polar surface area (TPSA) is 130 Å². The molecule has 172 valence electrons. The van der Waals surface area contributed by atoms with Crippen LogP contribution in [0.15, 0.2) is 77.7 Å². The number of benzene rings is 3. The number of alkyl halides is 3. The number of nitrogens with zero attached hydrogens (tertiary/aromatic N) is 1. The first-order valence-electron chi connectivity index (χ1n) is 9.07. The highest BCUT2D eigenvalue weighted by molar-refractivity contribution is 7.92. The van der Waals surface area contributed by atoms with E-state index < -0.39 is 37.6 Å². The van der Waals surface area contributed by atoms with Crippen molar-refractivity contribution in [3.05, 3.63) is 88.5 Å². The Morgan fingerprint density at radius 3 is 2.09 bits per heavy atom. The highest BCUT2D eigenvalue weighted by atomic mass is 32.2. The van der Waals surface area contributed by atoms with Crippen molar-refractivity contribution in [3.8, 4) is 0 Å².